The summed E-state index contributed by atoms with van der Waals surface area (Å²) in [6, 6.07) is 0. The van der Waals surface area contributed by atoms with E-state index in [2.05, 4.69) is 18.7 Å². The van der Waals surface area contributed by atoms with Crippen LogP contribution in [0.25, 0.3) is 0 Å². The van der Waals surface area contributed by atoms with Crippen molar-refractivity contribution in [1.82, 2.24) is 4.90 Å². The molecular formula is C12H23NOS2. The Bertz CT molecular complexity index is 230. The second-order valence-electron chi connectivity index (χ2n) is 4.35. The Morgan fingerprint density at radius 2 is 1.88 bits per heavy atom. The monoisotopic (exact) mass is 261 g/mol. The predicted octanol–water partition coefficient (Wildman–Crippen LogP) is 3.68. The maximum Gasteiger partial charge on any atom is 0.136 e. The molecule has 0 aliphatic rings. The fourth-order valence-corrected chi connectivity index (χ4v) is 2.20. The summed E-state index contributed by atoms with van der Waals surface area (Å²) in [4.78, 5) is 2.18. The Morgan fingerprint density at radius 3 is 2.31 bits per heavy atom. The highest BCUT2D eigenvalue weighted by atomic mass is 32.2. The molecule has 0 saturated carbocycles. The van der Waals surface area contributed by atoms with E-state index in [4.69, 9.17) is 17.0 Å². The van der Waals surface area contributed by atoms with E-state index in [0.717, 1.165) is 23.2 Å². The molecule has 0 atom stereocenters. The van der Waals surface area contributed by atoms with Crippen LogP contribution in [0, 0.1) is 0 Å². The summed E-state index contributed by atoms with van der Waals surface area (Å²) in [5.74, 6) is 0.866. The lowest BCUT2D eigenvalue weighted by Crippen LogP contribution is -2.26. The summed E-state index contributed by atoms with van der Waals surface area (Å²) in [5, 5.41) is 0. The van der Waals surface area contributed by atoms with Gasteiger partial charge in [-0.3, -0.25) is 0 Å². The van der Waals surface area contributed by atoms with Gasteiger partial charge in [-0.2, -0.15) is 0 Å². The molecule has 0 radical (unpaired) electrons. The van der Waals surface area contributed by atoms with Crippen LogP contribution in [0.1, 0.15) is 34.6 Å². The fourth-order valence-electron chi connectivity index (χ4n) is 0.984. The second kappa shape index (κ2) is 7.96. The van der Waals surface area contributed by atoms with E-state index in [1.165, 1.54) is 0 Å². The van der Waals surface area contributed by atoms with Crippen molar-refractivity contribution in [2.45, 2.75) is 40.2 Å². The first-order chi connectivity index (χ1) is 7.40. The van der Waals surface area contributed by atoms with Crippen molar-refractivity contribution in [2.24, 2.45) is 0 Å². The Hall–Kier alpha value is -0.220. The number of thioether (sulfide) groups is 1. The zero-order valence-electron chi connectivity index (χ0n) is 10.9. The standard InChI is InChI=1S/C12H23NOS2/c1-6-13(7-2)11(15)16-10-8-9-14-12(3,4)5/h8-9H,6-7,10H2,1-5H3. The van der Waals surface area contributed by atoms with E-state index < -0.39 is 0 Å². The number of nitrogens with zero attached hydrogens (tertiary/aromatic N) is 1. The summed E-state index contributed by atoms with van der Waals surface area (Å²) < 4.78 is 6.44. The smallest absolute Gasteiger partial charge is 0.136 e. The number of rotatable bonds is 5. The van der Waals surface area contributed by atoms with Crippen LogP contribution >= 0.6 is 24.0 Å². The molecular weight excluding hydrogens is 238 g/mol. The molecule has 0 unspecified atom stereocenters. The molecule has 0 aromatic carbocycles. The van der Waals surface area contributed by atoms with E-state index >= 15 is 0 Å². The third kappa shape index (κ3) is 7.99. The zero-order chi connectivity index (χ0) is 12.6. The lowest BCUT2D eigenvalue weighted by atomic mass is 10.2. The summed E-state index contributed by atoms with van der Waals surface area (Å²) in [5.41, 5.74) is -0.111. The molecule has 0 saturated heterocycles. The molecule has 0 heterocycles. The average Bonchev–Trinajstić information content (AvgIpc) is 2.17. The quantitative estimate of drug-likeness (QED) is 0.552. The van der Waals surface area contributed by atoms with Crippen molar-refractivity contribution in [1.29, 1.82) is 0 Å². The number of hydrogen-bond donors (Lipinski definition) is 0. The van der Waals surface area contributed by atoms with Gasteiger partial charge in [-0.05, 0) is 40.7 Å². The van der Waals surface area contributed by atoms with Crippen LogP contribution in [0.5, 0.6) is 0 Å². The minimum atomic E-state index is -0.111. The SMILES string of the molecule is CCN(CC)C(=S)SCC=COC(C)(C)C. The highest BCUT2D eigenvalue weighted by molar-refractivity contribution is 8.23. The third-order valence-corrected chi connectivity index (χ3v) is 3.32. The topological polar surface area (TPSA) is 12.5 Å². The molecule has 2 nitrogen and oxygen atoms in total. The first-order valence-electron chi connectivity index (χ1n) is 5.65. The van der Waals surface area contributed by atoms with Gasteiger partial charge in [0.05, 0.1) is 11.9 Å². The molecule has 0 spiro atoms. The van der Waals surface area contributed by atoms with Gasteiger partial charge in [0.2, 0.25) is 0 Å². The molecule has 0 bridgehead atoms. The van der Waals surface area contributed by atoms with Gasteiger partial charge in [0, 0.05) is 18.8 Å². The summed E-state index contributed by atoms with van der Waals surface area (Å²) in [6.07, 6.45) is 3.77. The van der Waals surface area contributed by atoms with Crippen LogP contribution in [-0.2, 0) is 4.74 Å². The lowest BCUT2D eigenvalue weighted by molar-refractivity contribution is 0.0765. The molecule has 16 heavy (non-hydrogen) atoms. The Balaban J connectivity index is 3.77. The van der Waals surface area contributed by atoms with Crippen LogP contribution < -0.4 is 0 Å². The van der Waals surface area contributed by atoms with E-state index in [-0.39, 0.29) is 5.60 Å². The largest absolute Gasteiger partial charge is 0.496 e. The molecule has 0 aromatic heterocycles. The Morgan fingerprint density at radius 1 is 1.31 bits per heavy atom. The molecule has 0 fully saturated rings. The first-order valence-corrected chi connectivity index (χ1v) is 7.04. The van der Waals surface area contributed by atoms with Gasteiger partial charge in [0.25, 0.3) is 0 Å². The van der Waals surface area contributed by atoms with Gasteiger partial charge in [0.15, 0.2) is 0 Å². The van der Waals surface area contributed by atoms with Gasteiger partial charge in [-0.25, -0.2) is 0 Å². The highest BCUT2D eigenvalue weighted by Gasteiger charge is 2.07. The van der Waals surface area contributed by atoms with Gasteiger partial charge < -0.3 is 9.64 Å². The van der Waals surface area contributed by atoms with Crippen LogP contribution in [0.3, 0.4) is 0 Å². The number of ether oxygens (including phenoxy) is 1. The van der Waals surface area contributed by atoms with Crippen molar-refractivity contribution in [2.75, 3.05) is 18.8 Å². The summed E-state index contributed by atoms with van der Waals surface area (Å²) in [7, 11) is 0. The number of thiocarbonyl (C=S) groups is 1. The molecule has 0 amide bonds. The predicted molar refractivity (Wildman–Crippen MR) is 78.0 cm³/mol. The maximum absolute atomic E-state index is 5.47. The van der Waals surface area contributed by atoms with Gasteiger partial charge >= 0.3 is 0 Å². The van der Waals surface area contributed by atoms with Crippen LogP contribution in [-0.4, -0.2) is 33.7 Å². The van der Waals surface area contributed by atoms with Crippen molar-refractivity contribution in [3.8, 4) is 0 Å². The maximum atomic E-state index is 5.47. The van der Waals surface area contributed by atoms with Crippen molar-refractivity contribution in [3.05, 3.63) is 12.3 Å². The second-order valence-corrected chi connectivity index (χ2v) is 6.01. The van der Waals surface area contributed by atoms with E-state index in [1.807, 2.05) is 26.8 Å². The first kappa shape index (κ1) is 15.8. The zero-order valence-corrected chi connectivity index (χ0v) is 12.6. The van der Waals surface area contributed by atoms with Gasteiger partial charge in [-0.1, -0.05) is 24.0 Å². The van der Waals surface area contributed by atoms with Crippen LogP contribution in [0.15, 0.2) is 12.3 Å². The Kier molecular flexibility index (Phi) is 7.85. The molecule has 0 aromatic rings. The highest BCUT2D eigenvalue weighted by Crippen LogP contribution is 2.11. The normalized spacial score (nSPS) is 11.8. The lowest BCUT2D eigenvalue weighted by Gasteiger charge is -2.20. The molecule has 94 valence electrons. The summed E-state index contributed by atoms with van der Waals surface area (Å²) in [6.45, 7) is 12.3. The third-order valence-electron chi connectivity index (χ3n) is 1.84. The molecule has 0 rings (SSSR count). The van der Waals surface area contributed by atoms with Crippen molar-refractivity contribution in [3.63, 3.8) is 0 Å². The number of hydrogen-bond acceptors (Lipinski definition) is 3. The van der Waals surface area contributed by atoms with E-state index in [1.54, 1.807) is 18.0 Å². The van der Waals surface area contributed by atoms with Crippen molar-refractivity contribution < 1.29 is 4.74 Å². The summed E-state index contributed by atoms with van der Waals surface area (Å²) >= 11 is 6.99. The average molecular weight is 261 g/mol. The van der Waals surface area contributed by atoms with Crippen LogP contribution in [0.4, 0.5) is 0 Å². The Labute approximate surface area is 109 Å². The minimum absolute atomic E-state index is 0.111. The van der Waals surface area contributed by atoms with E-state index in [9.17, 15) is 0 Å². The fraction of sp³-hybridized carbons (Fsp3) is 0.750. The molecule has 0 aliphatic carbocycles. The van der Waals surface area contributed by atoms with E-state index in [0.29, 0.717) is 0 Å². The molecule has 0 aliphatic heterocycles. The van der Waals surface area contributed by atoms with Crippen molar-refractivity contribution >= 4 is 28.3 Å². The van der Waals surface area contributed by atoms with Gasteiger partial charge in [0.1, 0.15) is 4.32 Å². The minimum Gasteiger partial charge on any atom is -0.496 e. The van der Waals surface area contributed by atoms with Crippen LogP contribution in [0.2, 0.25) is 0 Å². The molecule has 0 N–H and O–H groups in total. The molecule has 4 heteroatoms. The van der Waals surface area contributed by atoms with Gasteiger partial charge in [-0.15, -0.1) is 0 Å².